The van der Waals surface area contributed by atoms with Crippen LogP contribution in [0.4, 0.5) is 0 Å². The third kappa shape index (κ3) is 8.12. The van der Waals surface area contributed by atoms with Crippen LogP contribution in [0.25, 0.3) is 0 Å². The lowest BCUT2D eigenvalue weighted by atomic mass is 10.2. The number of carbonyl (C=O) groups excluding carboxylic acids is 2. The molecule has 4 heteroatoms. The largest absolute Gasteiger partial charge is 0.494 e. The Morgan fingerprint density at radius 1 is 1.10 bits per heavy atom. The molecule has 118 valence electrons. The highest BCUT2D eigenvalue weighted by molar-refractivity contribution is 5.89. The van der Waals surface area contributed by atoms with E-state index in [0.29, 0.717) is 25.2 Å². The molecule has 0 unspecified atom stereocenters. The first-order chi connectivity index (χ1) is 9.77. The topological polar surface area (TPSA) is 52.6 Å². The lowest BCUT2D eigenvalue weighted by molar-refractivity contribution is -0.107. The van der Waals surface area contributed by atoms with Crippen LogP contribution < -0.4 is 4.74 Å². The maximum absolute atomic E-state index is 11.7. The fraction of sp³-hybridized carbons (Fsp3) is 0.529. The van der Waals surface area contributed by atoms with Gasteiger partial charge in [-0.15, -0.1) is 0 Å². The summed E-state index contributed by atoms with van der Waals surface area (Å²) in [6.45, 7) is 3.09. The minimum atomic E-state index is -0.295. The molecule has 0 amide bonds. The van der Waals surface area contributed by atoms with E-state index in [4.69, 9.17) is 9.47 Å². The van der Waals surface area contributed by atoms with E-state index < -0.39 is 0 Å². The van der Waals surface area contributed by atoms with E-state index in [9.17, 15) is 9.59 Å². The molecule has 0 bridgehead atoms. The molecular formula is C17H26O4. The Bertz CT molecular complexity index is 398. The lowest BCUT2D eigenvalue weighted by Gasteiger charge is -2.07. The number of hydrogen-bond donors (Lipinski definition) is 0. The van der Waals surface area contributed by atoms with Crippen LogP contribution in [0.15, 0.2) is 24.3 Å². The average molecular weight is 294 g/mol. The van der Waals surface area contributed by atoms with Crippen LogP contribution in [-0.2, 0) is 9.53 Å². The number of aldehydes is 1. The first-order valence-corrected chi connectivity index (χ1v) is 7.11. The zero-order valence-electron chi connectivity index (χ0n) is 12.0. The van der Waals surface area contributed by atoms with Gasteiger partial charge >= 0.3 is 5.97 Å². The van der Waals surface area contributed by atoms with Crippen molar-refractivity contribution in [2.24, 2.45) is 0 Å². The molecule has 0 aliphatic heterocycles. The smallest absolute Gasteiger partial charge is 0.338 e. The maximum atomic E-state index is 11.7. The van der Waals surface area contributed by atoms with Crippen molar-refractivity contribution in [3.8, 4) is 5.75 Å². The predicted molar refractivity (Wildman–Crippen MR) is 83.8 cm³/mol. The molecule has 0 aliphatic carbocycles. The van der Waals surface area contributed by atoms with Crippen molar-refractivity contribution >= 4 is 12.3 Å². The molecule has 0 fully saturated rings. The summed E-state index contributed by atoms with van der Waals surface area (Å²) in [4.78, 5) is 21.8. The molecule has 1 aromatic carbocycles. The van der Waals surface area contributed by atoms with E-state index in [-0.39, 0.29) is 13.4 Å². The van der Waals surface area contributed by atoms with Crippen molar-refractivity contribution in [1.29, 1.82) is 0 Å². The van der Waals surface area contributed by atoms with Crippen LogP contribution >= 0.6 is 0 Å². The normalized spacial score (nSPS) is 9.57. The SMILES string of the molecule is C.CCCCOC(=O)c1ccc(OCCCCC=O)cc1. The first-order valence-electron chi connectivity index (χ1n) is 7.11. The number of esters is 1. The minimum absolute atomic E-state index is 0. The van der Waals surface area contributed by atoms with Gasteiger partial charge in [-0.05, 0) is 43.5 Å². The van der Waals surface area contributed by atoms with Gasteiger partial charge in [0.05, 0.1) is 18.8 Å². The second-order valence-corrected chi connectivity index (χ2v) is 4.52. The highest BCUT2D eigenvalue weighted by Gasteiger charge is 2.06. The fourth-order valence-corrected chi connectivity index (χ4v) is 1.60. The van der Waals surface area contributed by atoms with Crippen LogP contribution in [0.2, 0.25) is 0 Å². The highest BCUT2D eigenvalue weighted by atomic mass is 16.5. The molecule has 0 aliphatic rings. The molecule has 0 saturated heterocycles. The van der Waals surface area contributed by atoms with Gasteiger partial charge in [-0.1, -0.05) is 20.8 Å². The van der Waals surface area contributed by atoms with Gasteiger partial charge in [-0.25, -0.2) is 4.79 Å². The summed E-state index contributed by atoms with van der Waals surface area (Å²) >= 11 is 0. The Labute approximate surface area is 127 Å². The van der Waals surface area contributed by atoms with Gasteiger partial charge in [-0.2, -0.15) is 0 Å². The molecule has 0 heterocycles. The zero-order valence-corrected chi connectivity index (χ0v) is 12.0. The number of unbranched alkanes of at least 4 members (excludes halogenated alkanes) is 3. The number of hydrogen-bond acceptors (Lipinski definition) is 4. The lowest BCUT2D eigenvalue weighted by Crippen LogP contribution is -2.06. The second kappa shape index (κ2) is 11.9. The summed E-state index contributed by atoms with van der Waals surface area (Å²) in [5.41, 5.74) is 0.536. The van der Waals surface area contributed by atoms with E-state index in [1.807, 2.05) is 0 Å². The first kappa shape index (κ1) is 19.2. The van der Waals surface area contributed by atoms with Gasteiger partial charge in [0.1, 0.15) is 12.0 Å². The fourth-order valence-electron chi connectivity index (χ4n) is 1.60. The number of carbonyl (C=O) groups is 2. The van der Waals surface area contributed by atoms with Gasteiger partial charge in [0, 0.05) is 6.42 Å². The molecule has 1 rings (SSSR count). The monoisotopic (exact) mass is 294 g/mol. The maximum Gasteiger partial charge on any atom is 0.338 e. The summed E-state index contributed by atoms with van der Waals surface area (Å²) in [6.07, 6.45) is 5.06. The molecule has 0 spiro atoms. The summed E-state index contributed by atoms with van der Waals surface area (Å²) in [7, 11) is 0. The van der Waals surface area contributed by atoms with E-state index in [1.54, 1.807) is 24.3 Å². The van der Waals surface area contributed by atoms with Crippen molar-refractivity contribution < 1.29 is 19.1 Å². The van der Waals surface area contributed by atoms with E-state index >= 15 is 0 Å². The van der Waals surface area contributed by atoms with Crippen LogP contribution in [0.3, 0.4) is 0 Å². The molecule has 4 nitrogen and oxygen atoms in total. The van der Waals surface area contributed by atoms with E-state index in [0.717, 1.165) is 37.7 Å². The predicted octanol–water partition coefficient (Wildman–Crippen LogP) is 4.03. The van der Waals surface area contributed by atoms with Gasteiger partial charge < -0.3 is 14.3 Å². The third-order valence-electron chi connectivity index (χ3n) is 2.81. The number of ether oxygens (including phenoxy) is 2. The Morgan fingerprint density at radius 3 is 2.43 bits per heavy atom. The number of rotatable bonds is 10. The minimum Gasteiger partial charge on any atom is -0.494 e. The van der Waals surface area contributed by atoms with Gasteiger partial charge in [0.25, 0.3) is 0 Å². The number of benzene rings is 1. The molecule has 0 radical (unpaired) electrons. The molecule has 1 aromatic rings. The van der Waals surface area contributed by atoms with Crippen molar-refractivity contribution in [1.82, 2.24) is 0 Å². The summed E-state index contributed by atoms with van der Waals surface area (Å²) in [5.74, 6) is 0.428. The Balaban J connectivity index is 0.00000400. The van der Waals surface area contributed by atoms with Crippen LogP contribution in [-0.4, -0.2) is 25.5 Å². The second-order valence-electron chi connectivity index (χ2n) is 4.52. The van der Waals surface area contributed by atoms with Crippen LogP contribution in [0, 0.1) is 0 Å². The van der Waals surface area contributed by atoms with Gasteiger partial charge in [0.2, 0.25) is 0 Å². The molecule has 0 saturated carbocycles. The quantitative estimate of drug-likeness (QED) is 0.371. The van der Waals surface area contributed by atoms with Gasteiger partial charge in [0.15, 0.2) is 0 Å². The van der Waals surface area contributed by atoms with Crippen LogP contribution in [0.5, 0.6) is 5.75 Å². The Kier molecular flexibility index (Phi) is 10.9. The third-order valence-corrected chi connectivity index (χ3v) is 2.81. The van der Waals surface area contributed by atoms with Crippen molar-refractivity contribution in [2.45, 2.75) is 46.5 Å². The van der Waals surface area contributed by atoms with Gasteiger partial charge in [-0.3, -0.25) is 0 Å². The molecule has 0 atom stereocenters. The van der Waals surface area contributed by atoms with E-state index in [1.165, 1.54) is 0 Å². The van der Waals surface area contributed by atoms with Crippen molar-refractivity contribution in [3.05, 3.63) is 29.8 Å². The average Bonchev–Trinajstić information content (AvgIpc) is 2.48. The molecule has 0 aromatic heterocycles. The zero-order chi connectivity index (χ0) is 14.6. The standard InChI is InChI=1S/C16H22O4.CH4/c1-2-3-12-20-16(18)14-7-9-15(10-8-14)19-13-6-4-5-11-17;/h7-11H,2-6,12-13H2,1H3;1H4. The highest BCUT2D eigenvalue weighted by Crippen LogP contribution is 2.13. The van der Waals surface area contributed by atoms with Crippen LogP contribution in [0.1, 0.15) is 56.8 Å². The Morgan fingerprint density at radius 2 is 1.81 bits per heavy atom. The molecule has 21 heavy (non-hydrogen) atoms. The van der Waals surface area contributed by atoms with E-state index in [2.05, 4.69) is 6.92 Å². The Hall–Kier alpha value is -1.84. The summed E-state index contributed by atoms with van der Waals surface area (Å²) in [6, 6.07) is 6.93. The van der Waals surface area contributed by atoms with Crippen molar-refractivity contribution in [3.63, 3.8) is 0 Å². The summed E-state index contributed by atoms with van der Waals surface area (Å²) in [5, 5.41) is 0. The molecular weight excluding hydrogens is 268 g/mol. The summed E-state index contributed by atoms with van der Waals surface area (Å²) < 4.78 is 10.6. The molecule has 0 N–H and O–H groups in total. The van der Waals surface area contributed by atoms with Crippen molar-refractivity contribution in [2.75, 3.05) is 13.2 Å².